The Morgan fingerprint density at radius 3 is 1.22 bits per heavy atom. The minimum absolute atomic E-state index is 0.882. The first kappa shape index (κ1) is 22.0. The molecule has 7 aromatic rings. The highest BCUT2D eigenvalue weighted by Gasteiger charge is 2.17. The van der Waals surface area contributed by atoms with Gasteiger partial charge in [-0.15, -0.1) is 22.7 Å². The van der Waals surface area contributed by atoms with Crippen LogP contribution in [0.1, 0.15) is 9.75 Å². The van der Waals surface area contributed by atoms with E-state index >= 15 is 0 Å². The van der Waals surface area contributed by atoms with E-state index in [9.17, 15) is 0 Å². The average Bonchev–Trinajstić information content (AvgIpc) is 3.69. The van der Waals surface area contributed by atoms with E-state index in [0.29, 0.717) is 0 Å². The molecule has 0 radical (unpaired) electrons. The number of nitrogens with zero attached hydrogens (tertiary/aromatic N) is 4. The summed E-state index contributed by atoms with van der Waals surface area (Å²) in [4.78, 5) is 27.5. The SMILES string of the molecule is Cc1ccc(-c2ccc(-c3ccc(-c4ccc(-c5ccc(C)s5)c5nccnc45)[nH]3)c3nccnc23)s1. The first-order chi connectivity index (χ1) is 18.2. The van der Waals surface area contributed by atoms with Crippen LogP contribution >= 0.6 is 22.7 Å². The molecule has 178 valence electrons. The number of hydrogen-bond donors (Lipinski definition) is 1. The fourth-order valence-electron chi connectivity index (χ4n) is 4.81. The first-order valence-electron chi connectivity index (χ1n) is 12.0. The van der Waals surface area contributed by atoms with Gasteiger partial charge in [0.25, 0.3) is 0 Å². The molecule has 0 aliphatic rings. The van der Waals surface area contributed by atoms with Crippen LogP contribution in [-0.2, 0) is 0 Å². The van der Waals surface area contributed by atoms with Gasteiger partial charge in [0.05, 0.1) is 22.1 Å². The van der Waals surface area contributed by atoms with Crippen LogP contribution in [-0.4, -0.2) is 24.9 Å². The molecular formula is C30H21N5S2. The monoisotopic (exact) mass is 515 g/mol. The minimum atomic E-state index is 0.882. The van der Waals surface area contributed by atoms with Crippen molar-refractivity contribution in [3.8, 4) is 43.4 Å². The van der Waals surface area contributed by atoms with Crippen molar-refractivity contribution < 1.29 is 0 Å². The molecule has 0 aliphatic carbocycles. The van der Waals surface area contributed by atoms with Gasteiger partial charge >= 0.3 is 0 Å². The van der Waals surface area contributed by atoms with E-state index in [0.717, 1.165) is 55.7 Å². The Bertz CT molecular complexity index is 1790. The molecule has 0 unspecified atom stereocenters. The second-order valence-electron chi connectivity index (χ2n) is 8.93. The van der Waals surface area contributed by atoms with Crippen LogP contribution < -0.4 is 0 Å². The molecule has 0 atom stereocenters. The van der Waals surface area contributed by atoms with Gasteiger partial charge in [0.1, 0.15) is 0 Å². The molecule has 1 N–H and O–H groups in total. The van der Waals surface area contributed by atoms with Gasteiger partial charge in [-0.05, 0) is 62.4 Å². The Labute approximate surface area is 221 Å². The van der Waals surface area contributed by atoms with Gasteiger partial charge in [-0.2, -0.15) is 0 Å². The maximum atomic E-state index is 4.73. The van der Waals surface area contributed by atoms with Gasteiger partial charge in [0.2, 0.25) is 0 Å². The lowest BCUT2D eigenvalue weighted by Crippen LogP contribution is -1.91. The Kier molecular flexibility index (Phi) is 5.20. The number of aromatic nitrogens is 5. The van der Waals surface area contributed by atoms with E-state index in [1.165, 1.54) is 19.5 Å². The van der Waals surface area contributed by atoms with Gasteiger partial charge in [-0.25, -0.2) is 0 Å². The van der Waals surface area contributed by atoms with Gasteiger partial charge in [0.15, 0.2) is 0 Å². The summed E-state index contributed by atoms with van der Waals surface area (Å²) in [6.07, 6.45) is 7.04. The summed E-state index contributed by atoms with van der Waals surface area (Å²) in [5.41, 5.74) is 9.82. The molecule has 5 nitrogen and oxygen atoms in total. The van der Waals surface area contributed by atoms with Gasteiger partial charge in [0, 0.05) is 77.9 Å². The summed E-state index contributed by atoms with van der Waals surface area (Å²) in [6.45, 7) is 4.25. The predicted molar refractivity (Wildman–Crippen MR) is 154 cm³/mol. The molecule has 7 heteroatoms. The molecule has 0 amide bonds. The fraction of sp³-hybridized carbons (Fsp3) is 0.0667. The number of aromatic amines is 1. The zero-order chi connectivity index (χ0) is 24.9. The lowest BCUT2D eigenvalue weighted by molar-refractivity contribution is 1.28. The number of fused-ring (bicyclic) bond motifs is 2. The van der Waals surface area contributed by atoms with E-state index in [-0.39, 0.29) is 0 Å². The molecule has 0 fully saturated rings. The van der Waals surface area contributed by atoms with Crippen molar-refractivity contribution in [1.82, 2.24) is 24.9 Å². The Hall–Kier alpha value is -4.20. The van der Waals surface area contributed by atoms with E-state index in [4.69, 9.17) is 19.9 Å². The topological polar surface area (TPSA) is 67.3 Å². The third-order valence-electron chi connectivity index (χ3n) is 6.53. The van der Waals surface area contributed by atoms with Gasteiger partial charge in [-0.1, -0.05) is 12.1 Å². The highest BCUT2D eigenvalue weighted by Crippen LogP contribution is 2.39. The van der Waals surface area contributed by atoms with Crippen LogP contribution in [0, 0.1) is 13.8 Å². The third-order valence-corrected chi connectivity index (χ3v) is 8.60. The van der Waals surface area contributed by atoms with Crippen molar-refractivity contribution in [1.29, 1.82) is 0 Å². The van der Waals surface area contributed by atoms with Crippen LogP contribution in [0.15, 0.2) is 85.5 Å². The van der Waals surface area contributed by atoms with E-state index in [1.54, 1.807) is 47.5 Å². The Morgan fingerprint density at radius 1 is 0.459 bits per heavy atom. The summed E-state index contributed by atoms with van der Waals surface area (Å²) in [5.74, 6) is 0. The average molecular weight is 516 g/mol. The normalized spacial score (nSPS) is 11.5. The quantitative estimate of drug-likeness (QED) is 0.256. The summed E-state index contributed by atoms with van der Waals surface area (Å²) >= 11 is 3.55. The molecule has 0 aliphatic heterocycles. The predicted octanol–water partition coefficient (Wildman–Crippen LogP) is 8.31. The molecule has 5 aromatic heterocycles. The molecular weight excluding hydrogens is 494 g/mol. The maximum Gasteiger partial charge on any atom is 0.0986 e. The molecule has 0 spiro atoms. The fourth-order valence-corrected chi connectivity index (χ4v) is 6.60. The number of rotatable bonds is 4. The largest absolute Gasteiger partial charge is 0.354 e. The second-order valence-corrected chi connectivity index (χ2v) is 11.5. The van der Waals surface area contributed by atoms with Gasteiger partial charge in [-0.3, -0.25) is 19.9 Å². The Balaban J connectivity index is 1.35. The van der Waals surface area contributed by atoms with Crippen LogP contribution in [0.5, 0.6) is 0 Å². The van der Waals surface area contributed by atoms with E-state index in [2.05, 4.69) is 79.5 Å². The molecule has 0 bridgehead atoms. The number of nitrogens with one attached hydrogen (secondary N) is 1. The molecule has 0 saturated carbocycles. The van der Waals surface area contributed by atoms with E-state index < -0.39 is 0 Å². The summed E-state index contributed by atoms with van der Waals surface area (Å²) < 4.78 is 0. The maximum absolute atomic E-state index is 4.73. The first-order valence-corrected chi connectivity index (χ1v) is 13.6. The Morgan fingerprint density at radius 2 is 0.838 bits per heavy atom. The molecule has 7 rings (SSSR count). The van der Waals surface area contributed by atoms with Crippen LogP contribution in [0.2, 0.25) is 0 Å². The zero-order valence-electron chi connectivity index (χ0n) is 20.2. The lowest BCUT2D eigenvalue weighted by Gasteiger charge is -2.09. The number of thiophene rings is 2. The number of H-pyrrole nitrogens is 1. The summed E-state index contributed by atoms with van der Waals surface area (Å²) in [7, 11) is 0. The molecule has 5 heterocycles. The molecule has 2 aromatic carbocycles. The van der Waals surface area contributed by atoms with E-state index in [1.807, 2.05) is 0 Å². The van der Waals surface area contributed by atoms with Crippen LogP contribution in [0.4, 0.5) is 0 Å². The van der Waals surface area contributed by atoms with Crippen molar-refractivity contribution in [3.05, 3.63) is 95.2 Å². The number of aryl methyl sites for hydroxylation is 2. The molecule has 0 saturated heterocycles. The zero-order valence-corrected chi connectivity index (χ0v) is 21.8. The van der Waals surface area contributed by atoms with Crippen molar-refractivity contribution in [2.24, 2.45) is 0 Å². The number of benzene rings is 2. The van der Waals surface area contributed by atoms with Crippen LogP contribution in [0.25, 0.3) is 65.5 Å². The molecule has 37 heavy (non-hydrogen) atoms. The number of hydrogen-bond acceptors (Lipinski definition) is 6. The highest BCUT2D eigenvalue weighted by atomic mass is 32.1. The smallest absolute Gasteiger partial charge is 0.0986 e. The van der Waals surface area contributed by atoms with Crippen molar-refractivity contribution in [2.75, 3.05) is 0 Å². The lowest BCUT2D eigenvalue weighted by atomic mass is 10.0. The van der Waals surface area contributed by atoms with Gasteiger partial charge < -0.3 is 4.98 Å². The van der Waals surface area contributed by atoms with Crippen LogP contribution in [0.3, 0.4) is 0 Å². The standard InChI is InChI=1S/C30H21N5S2/c1-17-3-11-25(36-17)21-7-5-19(27-29(21)33-15-13-31-27)23-9-10-24(35-23)20-6-8-22(26-12-4-18(2)37-26)30-28(20)32-14-16-34-30/h3-16,35H,1-2H3. The van der Waals surface area contributed by atoms with Crippen molar-refractivity contribution >= 4 is 44.7 Å². The highest BCUT2D eigenvalue weighted by molar-refractivity contribution is 7.15. The van der Waals surface area contributed by atoms with Crippen molar-refractivity contribution in [2.45, 2.75) is 13.8 Å². The van der Waals surface area contributed by atoms with Crippen molar-refractivity contribution in [3.63, 3.8) is 0 Å². The minimum Gasteiger partial charge on any atom is -0.354 e. The summed E-state index contributed by atoms with van der Waals surface area (Å²) in [6, 6.07) is 21.4. The third kappa shape index (κ3) is 3.75. The second kappa shape index (κ2) is 8.73. The summed E-state index contributed by atoms with van der Waals surface area (Å²) in [5, 5.41) is 0.